The van der Waals surface area contributed by atoms with Gasteiger partial charge >= 0.3 is 0 Å². The zero-order valence-corrected chi connectivity index (χ0v) is 10.4. The molecule has 1 heterocycles. The number of fused-ring (bicyclic) bond motifs is 3. The fourth-order valence-corrected chi connectivity index (χ4v) is 2.79. The first-order valence-electron chi connectivity index (χ1n) is 6.34. The van der Waals surface area contributed by atoms with Gasteiger partial charge in [-0.2, -0.15) is 5.10 Å². The summed E-state index contributed by atoms with van der Waals surface area (Å²) in [5.41, 5.74) is 13.8. The lowest BCUT2D eigenvalue weighted by atomic mass is 10.1. The lowest BCUT2D eigenvalue weighted by molar-refractivity contribution is 1.09. The van der Waals surface area contributed by atoms with Crippen LogP contribution in [0.1, 0.15) is 11.1 Å². The molecule has 2 aromatic carbocycles. The summed E-state index contributed by atoms with van der Waals surface area (Å²) in [5, 5.41) is 7.64. The predicted molar refractivity (Wildman–Crippen MR) is 76.7 cm³/mol. The molecule has 1 aromatic heterocycles. The summed E-state index contributed by atoms with van der Waals surface area (Å²) in [6.45, 7) is 0. The van der Waals surface area contributed by atoms with Gasteiger partial charge in [-0.3, -0.25) is 5.10 Å². The normalized spacial score (nSPS) is 12.2. The van der Waals surface area contributed by atoms with Gasteiger partial charge in [0.05, 0.1) is 11.4 Å². The standard InChI is InChI=1S/C16H13N3/c17-12-6-7-13-11(8-12)9-14-15(18-19-16(13)14)10-4-2-1-3-5-10/h1-8H,9,17H2,(H,18,19). The molecule has 19 heavy (non-hydrogen) atoms. The smallest absolute Gasteiger partial charge is 0.0962 e. The third kappa shape index (κ3) is 1.48. The number of aromatic nitrogens is 2. The van der Waals surface area contributed by atoms with Crippen LogP contribution in [0.2, 0.25) is 0 Å². The number of nitrogen functional groups attached to an aromatic ring is 1. The van der Waals surface area contributed by atoms with Gasteiger partial charge in [0.1, 0.15) is 0 Å². The van der Waals surface area contributed by atoms with Gasteiger partial charge in [-0.15, -0.1) is 0 Å². The summed E-state index contributed by atoms with van der Waals surface area (Å²) in [6, 6.07) is 16.3. The van der Waals surface area contributed by atoms with Crippen molar-refractivity contribution in [1.82, 2.24) is 10.2 Å². The van der Waals surface area contributed by atoms with Crippen LogP contribution in [0, 0.1) is 0 Å². The van der Waals surface area contributed by atoms with Crippen LogP contribution in [0.3, 0.4) is 0 Å². The Labute approximate surface area is 111 Å². The van der Waals surface area contributed by atoms with E-state index in [1.165, 1.54) is 16.7 Å². The Morgan fingerprint density at radius 1 is 1.05 bits per heavy atom. The first-order chi connectivity index (χ1) is 9.33. The van der Waals surface area contributed by atoms with Crippen LogP contribution in [0.4, 0.5) is 5.69 Å². The summed E-state index contributed by atoms with van der Waals surface area (Å²) in [4.78, 5) is 0. The van der Waals surface area contributed by atoms with Gasteiger partial charge in [-0.1, -0.05) is 36.4 Å². The second kappa shape index (κ2) is 3.72. The minimum Gasteiger partial charge on any atom is -0.399 e. The number of nitrogens with zero attached hydrogens (tertiary/aromatic N) is 1. The molecule has 0 unspecified atom stereocenters. The van der Waals surface area contributed by atoms with Crippen LogP contribution in [-0.2, 0) is 6.42 Å². The van der Waals surface area contributed by atoms with Crippen molar-refractivity contribution >= 4 is 5.69 Å². The van der Waals surface area contributed by atoms with E-state index in [2.05, 4.69) is 34.5 Å². The summed E-state index contributed by atoms with van der Waals surface area (Å²) in [5.74, 6) is 0. The van der Waals surface area contributed by atoms with Crippen LogP contribution >= 0.6 is 0 Å². The second-order valence-corrected chi connectivity index (χ2v) is 4.89. The van der Waals surface area contributed by atoms with E-state index in [4.69, 9.17) is 5.73 Å². The van der Waals surface area contributed by atoms with E-state index < -0.39 is 0 Å². The maximum absolute atomic E-state index is 5.86. The summed E-state index contributed by atoms with van der Waals surface area (Å²) in [7, 11) is 0. The highest BCUT2D eigenvalue weighted by Gasteiger charge is 2.24. The van der Waals surface area contributed by atoms with E-state index in [1.54, 1.807) is 0 Å². The molecule has 4 rings (SSSR count). The van der Waals surface area contributed by atoms with Crippen molar-refractivity contribution < 1.29 is 0 Å². The van der Waals surface area contributed by atoms with Crippen LogP contribution in [-0.4, -0.2) is 10.2 Å². The number of rotatable bonds is 1. The monoisotopic (exact) mass is 247 g/mol. The van der Waals surface area contributed by atoms with Gasteiger partial charge in [0.15, 0.2) is 0 Å². The van der Waals surface area contributed by atoms with Crippen molar-refractivity contribution in [3.63, 3.8) is 0 Å². The Hall–Kier alpha value is -2.55. The van der Waals surface area contributed by atoms with E-state index in [9.17, 15) is 0 Å². The van der Waals surface area contributed by atoms with Crippen LogP contribution in [0.5, 0.6) is 0 Å². The number of aromatic amines is 1. The zero-order chi connectivity index (χ0) is 12.8. The predicted octanol–water partition coefficient (Wildman–Crippen LogP) is 3.23. The van der Waals surface area contributed by atoms with Crippen molar-refractivity contribution in [3.05, 3.63) is 59.7 Å². The third-order valence-electron chi connectivity index (χ3n) is 3.68. The Morgan fingerprint density at radius 2 is 1.89 bits per heavy atom. The highest BCUT2D eigenvalue weighted by atomic mass is 15.1. The van der Waals surface area contributed by atoms with Crippen molar-refractivity contribution in [2.45, 2.75) is 6.42 Å². The van der Waals surface area contributed by atoms with Gasteiger partial charge in [0.2, 0.25) is 0 Å². The molecule has 0 saturated carbocycles. The van der Waals surface area contributed by atoms with E-state index in [1.807, 2.05) is 24.3 Å². The van der Waals surface area contributed by atoms with Gasteiger partial charge < -0.3 is 5.73 Å². The largest absolute Gasteiger partial charge is 0.399 e. The molecule has 1 aliphatic rings. The Kier molecular flexibility index (Phi) is 2.03. The molecule has 0 fully saturated rings. The maximum atomic E-state index is 5.86. The van der Waals surface area contributed by atoms with Gasteiger partial charge in [-0.25, -0.2) is 0 Å². The number of anilines is 1. The minimum absolute atomic E-state index is 0.818. The molecule has 3 heteroatoms. The van der Waals surface area contributed by atoms with Crippen molar-refractivity contribution in [3.8, 4) is 22.5 Å². The van der Waals surface area contributed by atoms with Crippen LogP contribution in [0.15, 0.2) is 48.5 Å². The van der Waals surface area contributed by atoms with Gasteiger partial charge in [0, 0.05) is 28.8 Å². The van der Waals surface area contributed by atoms with E-state index in [0.717, 1.165) is 29.1 Å². The molecule has 0 saturated heterocycles. The molecule has 0 radical (unpaired) electrons. The maximum Gasteiger partial charge on any atom is 0.0962 e. The number of benzene rings is 2. The zero-order valence-electron chi connectivity index (χ0n) is 10.4. The Bertz CT molecular complexity index is 757. The molecule has 0 bridgehead atoms. The number of hydrogen-bond acceptors (Lipinski definition) is 2. The molecular weight excluding hydrogens is 234 g/mol. The number of nitrogens with one attached hydrogen (secondary N) is 1. The quantitative estimate of drug-likeness (QED) is 0.507. The van der Waals surface area contributed by atoms with Gasteiger partial charge in [0.25, 0.3) is 0 Å². The highest BCUT2D eigenvalue weighted by molar-refractivity contribution is 5.81. The third-order valence-corrected chi connectivity index (χ3v) is 3.68. The fourth-order valence-electron chi connectivity index (χ4n) is 2.79. The van der Waals surface area contributed by atoms with E-state index in [-0.39, 0.29) is 0 Å². The molecule has 3 aromatic rings. The number of nitrogens with two attached hydrogens (primary N) is 1. The van der Waals surface area contributed by atoms with Crippen LogP contribution in [0.25, 0.3) is 22.5 Å². The molecule has 1 aliphatic carbocycles. The van der Waals surface area contributed by atoms with Crippen LogP contribution < -0.4 is 5.73 Å². The summed E-state index contributed by atoms with van der Waals surface area (Å²) >= 11 is 0. The topological polar surface area (TPSA) is 54.7 Å². The Balaban J connectivity index is 1.88. The average Bonchev–Trinajstić information content (AvgIpc) is 2.97. The summed E-state index contributed by atoms with van der Waals surface area (Å²) < 4.78 is 0. The minimum atomic E-state index is 0.818. The van der Waals surface area contributed by atoms with E-state index in [0.29, 0.717) is 0 Å². The highest BCUT2D eigenvalue weighted by Crippen LogP contribution is 2.40. The summed E-state index contributed by atoms with van der Waals surface area (Å²) in [6.07, 6.45) is 0.899. The lowest BCUT2D eigenvalue weighted by Crippen LogP contribution is -1.89. The number of H-pyrrole nitrogens is 1. The molecule has 0 spiro atoms. The second-order valence-electron chi connectivity index (χ2n) is 4.89. The first kappa shape index (κ1) is 10.4. The number of hydrogen-bond donors (Lipinski definition) is 2. The lowest BCUT2D eigenvalue weighted by Gasteiger charge is -2.01. The Morgan fingerprint density at radius 3 is 2.74 bits per heavy atom. The SMILES string of the molecule is Nc1ccc2c(c1)Cc1c(-c3ccccc3)n[nH]c1-2. The average molecular weight is 247 g/mol. The van der Waals surface area contributed by atoms with E-state index >= 15 is 0 Å². The first-order valence-corrected chi connectivity index (χ1v) is 6.34. The molecule has 0 atom stereocenters. The van der Waals surface area contributed by atoms with Crippen molar-refractivity contribution in [2.75, 3.05) is 5.73 Å². The fraction of sp³-hybridized carbons (Fsp3) is 0.0625. The molecule has 0 amide bonds. The molecule has 0 aliphatic heterocycles. The van der Waals surface area contributed by atoms with Gasteiger partial charge in [-0.05, 0) is 17.7 Å². The molecule has 92 valence electrons. The molecular formula is C16H13N3. The van der Waals surface area contributed by atoms with Crippen molar-refractivity contribution in [1.29, 1.82) is 0 Å². The molecule has 3 nitrogen and oxygen atoms in total. The van der Waals surface area contributed by atoms with Crippen molar-refractivity contribution in [2.24, 2.45) is 0 Å². The molecule has 3 N–H and O–H groups in total.